The lowest BCUT2D eigenvalue weighted by Crippen LogP contribution is -2.28. The Hall–Kier alpha value is -3.02. The summed E-state index contributed by atoms with van der Waals surface area (Å²) in [5, 5.41) is 1.13. The fourth-order valence-corrected chi connectivity index (χ4v) is 5.89. The molecular formula is C31H24Cl2O4. The molecule has 2 heterocycles. The lowest BCUT2D eigenvalue weighted by Gasteiger charge is -2.34. The van der Waals surface area contributed by atoms with Crippen molar-refractivity contribution >= 4 is 23.2 Å². The summed E-state index contributed by atoms with van der Waals surface area (Å²) in [5.41, 5.74) is 6.23. The Balaban J connectivity index is 1.40. The monoisotopic (exact) mass is 530 g/mol. The number of ether oxygens (including phenoxy) is 4. The van der Waals surface area contributed by atoms with Gasteiger partial charge >= 0.3 is 0 Å². The average molecular weight is 531 g/mol. The van der Waals surface area contributed by atoms with Crippen LogP contribution in [0.5, 0.6) is 11.5 Å². The largest absolute Gasteiger partial charge is 0.489 e. The number of benzene rings is 4. The van der Waals surface area contributed by atoms with Gasteiger partial charge < -0.3 is 18.9 Å². The molecule has 3 aliphatic rings. The lowest BCUT2D eigenvalue weighted by molar-refractivity contribution is 0.263. The molecule has 186 valence electrons. The average Bonchev–Trinajstić information content (AvgIpc) is 3.85. The Kier molecular flexibility index (Phi) is 5.67. The van der Waals surface area contributed by atoms with Crippen molar-refractivity contribution in [3.63, 3.8) is 0 Å². The molecule has 2 unspecified atom stereocenters. The molecule has 1 aliphatic carbocycles. The van der Waals surface area contributed by atoms with Crippen molar-refractivity contribution in [1.29, 1.82) is 0 Å². The second-order valence-corrected chi connectivity index (χ2v) is 10.5. The van der Waals surface area contributed by atoms with Crippen molar-refractivity contribution < 1.29 is 18.9 Å². The van der Waals surface area contributed by atoms with Gasteiger partial charge in [0, 0.05) is 0 Å². The molecule has 2 saturated heterocycles. The van der Waals surface area contributed by atoms with E-state index in [9.17, 15) is 0 Å². The molecule has 2 atom stereocenters. The van der Waals surface area contributed by atoms with Gasteiger partial charge in [-0.1, -0.05) is 83.9 Å². The van der Waals surface area contributed by atoms with E-state index in [-0.39, 0.29) is 12.2 Å². The van der Waals surface area contributed by atoms with Crippen LogP contribution in [0.25, 0.3) is 11.1 Å². The summed E-state index contributed by atoms with van der Waals surface area (Å²) in [7, 11) is 0. The Labute approximate surface area is 225 Å². The summed E-state index contributed by atoms with van der Waals surface area (Å²) in [6.45, 7) is 2.47. The van der Waals surface area contributed by atoms with Gasteiger partial charge in [0.2, 0.25) is 0 Å². The molecule has 0 radical (unpaired) electrons. The van der Waals surface area contributed by atoms with Crippen LogP contribution in [0.15, 0.2) is 84.9 Å². The Bertz CT molecular complexity index is 1380. The van der Waals surface area contributed by atoms with Crippen LogP contribution in [-0.2, 0) is 14.9 Å². The van der Waals surface area contributed by atoms with Crippen LogP contribution in [0, 0.1) is 0 Å². The number of hydrogen-bond acceptors (Lipinski definition) is 4. The Morgan fingerprint density at radius 1 is 0.649 bits per heavy atom. The second-order valence-electron chi connectivity index (χ2n) is 9.66. The van der Waals surface area contributed by atoms with Gasteiger partial charge in [-0.15, -0.1) is 0 Å². The van der Waals surface area contributed by atoms with E-state index in [1.165, 1.54) is 22.3 Å². The van der Waals surface area contributed by atoms with E-state index in [1.807, 2.05) is 24.3 Å². The highest BCUT2D eigenvalue weighted by Crippen LogP contribution is 2.57. The molecule has 6 heteroatoms. The molecule has 0 N–H and O–H groups in total. The van der Waals surface area contributed by atoms with E-state index in [0.717, 1.165) is 24.3 Å². The normalized spacial score (nSPS) is 20.2. The van der Waals surface area contributed by atoms with E-state index in [2.05, 4.69) is 60.7 Å². The van der Waals surface area contributed by atoms with Crippen molar-refractivity contribution in [2.75, 3.05) is 26.4 Å². The van der Waals surface area contributed by atoms with Gasteiger partial charge in [-0.25, -0.2) is 0 Å². The zero-order chi connectivity index (χ0) is 25.0. The van der Waals surface area contributed by atoms with E-state index in [1.54, 1.807) is 0 Å². The minimum Gasteiger partial charge on any atom is -0.489 e. The van der Waals surface area contributed by atoms with E-state index in [4.69, 9.17) is 42.1 Å². The first kappa shape index (κ1) is 23.1. The maximum atomic E-state index is 6.82. The smallest absolute Gasteiger partial charge is 0.138 e. The van der Waals surface area contributed by atoms with Crippen LogP contribution < -0.4 is 9.47 Å². The molecule has 37 heavy (non-hydrogen) atoms. The zero-order valence-corrected chi connectivity index (χ0v) is 21.5. The van der Waals surface area contributed by atoms with Crippen LogP contribution in [0.1, 0.15) is 22.3 Å². The number of halogens is 2. The Morgan fingerprint density at radius 3 is 1.49 bits per heavy atom. The third-order valence-electron chi connectivity index (χ3n) is 7.34. The zero-order valence-electron chi connectivity index (χ0n) is 20.0. The highest BCUT2D eigenvalue weighted by Gasteiger charge is 2.46. The van der Waals surface area contributed by atoms with E-state index < -0.39 is 5.41 Å². The summed E-state index contributed by atoms with van der Waals surface area (Å²) in [6.07, 6.45) is 0.315. The minimum absolute atomic E-state index is 0.157. The molecule has 0 aromatic heterocycles. The topological polar surface area (TPSA) is 43.5 Å². The maximum absolute atomic E-state index is 6.82. The first-order valence-corrected chi connectivity index (χ1v) is 13.2. The third-order valence-corrected chi connectivity index (χ3v) is 7.93. The van der Waals surface area contributed by atoms with Crippen LogP contribution in [0.4, 0.5) is 0 Å². The molecule has 0 spiro atoms. The first-order chi connectivity index (χ1) is 18.1. The van der Waals surface area contributed by atoms with Crippen molar-refractivity contribution in [2.45, 2.75) is 17.6 Å². The van der Waals surface area contributed by atoms with Gasteiger partial charge in [-0.3, -0.25) is 0 Å². The number of rotatable bonds is 8. The van der Waals surface area contributed by atoms with Crippen molar-refractivity contribution in [3.8, 4) is 22.6 Å². The van der Waals surface area contributed by atoms with Gasteiger partial charge in [0.1, 0.15) is 36.9 Å². The van der Waals surface area contributed by atoms with Gasteiger partial charge in [-0.2, -0.15) is 0 Å². The summed E-state index contributed by atoms with van der Waals surface area (Å²) < 4.78 is 22.4. The predicted octanol–water partition coefficient (Wildman–Crippen LogP) is 6.91. The van der Waals surface area contributed by atoms with E-state index in [0.29, 0.717) is 34.8 Å². The lowest BCUT2D eigenvalue weighted by atomic mass is 9.67. The van der Waals surface area contributed by atoms with E-state index >= 15 is 0 Å². The highest BCUT2D eigenvalue weighted by molar-refractivity contribution is 6.32. The molecule has 2 aliphatic heterocycles. The predicted molar refractivity (Wildman–Crippen MR) is 144 cm³/mol. The van der Waals surface area contributed by atoms with Gasteiger partial charge in [0.15, 0.2) is 0 Å². The van der Waals surface area contributed by atoms with Crippen LogP contribution in [0.2, 0.25) is 10.0 Å². The van der Waals surface area contributed by atoms with Gasteiger partial charge in [-0.05, 0) is 57.6 Å². The van der Waals surface area contributed by atoms with Gasteiger partial charge in [0.25, 0.3) is 0 Å². The third kappa shape index (κ3) is 4.00. The molecule has 0 amide bonds. The summed E-state index contributed by atoms with van der Waals surface area (Å²) in [4.78, 5) is 0. The summed E-state index contributed by atoms with van der Waals surface area (Å²) in [5.74, 6) is 1.31. The molecule has 2 fully saturated rings. The summed E-state index contributed by atoms with van der Waals surface area (Å²) in [6, 6.07) is 29.3. The molecule has 0 saturated carbocycles. The van der Waals surface area contributed by atoms with Crippen LogP contribution in [-0.4, -0.2) is 38.6 Å². The molecule has 0 bridgehead atoms. The van der Waals surface area contributed by atoms with Crippen molar-refractivity contribution in [2.24, 2.45) is 0 Å². The highest BCUT2D eigenvalue weighted by atomic mass is 35.5. The standard InChI is InChI=1S/C31H24Cl2O4/c32-27-13-19(9-11-29(27)36-17-21-15-34-21)31(20-10-12-30(28(33)14-20)37-18-22-16-35-22)25-7-3-1-5-23(25)24-6-2-4-8-26(24)31/h1-14,21-22H,15-18H2. The number of epoxide rings is 2. The molecular weight excluding hydrogens is 507 g/mol. The number of hydrogen-bond donors (Lipinski definition) is 0. The fraction of sp³-hybridized carbons (Fsp3) is 0.226. The fourth-order valence-electron chi connectivity index (χ4n) is 5.42. The van der Waals surface area contributed by atoms with Crippen molar-refractivity contribution in [1.82, 2.24) is 0 Å². The molecule has 4 aromatic carbocycles. The maximum Gasteiger partial charge on any atom is 0.138 e. The molecule has 4 aromatic rings. The van der Waals surface area contributed by atoms with Crippen LogP contribution in [0.3, 0.4) is 0 Å². The Morgan fingerprint density at radius 2 is 1.08 bits per heavy atom. The van der Waals surface area contributed by atoms with Crippen molar-refractivity contribution in [3.05, 3.63) is 117 Å². The SMILES string of the molecule is Clc1cc(C2(c3ccc(OCC4CO4)c(Cl)c3)c3ccccc3-c3ccccc32)ccc1OCC1CO1. The molecule has 7 rings (SSSR count). The quantitative estimate of drug-likeness (QED) is 0.204. The second kappa shape index (κ2) is 9.07. The first-order valence-electron chi connectivity index (χ1n) is 12.4. The number of fused-ring (bicyclic) bond motifs is 3. The summed E-state index contributed by atoms with van der Waals surface area (Å²) >= 11 is 13.6. The molecule has 4 nitrogen and oxygen atoms in total. The minimum atomic E-state index is -0.614. The van der Waals surface area contributed by atoms with Crippen LogP contribution >= 0.6 is 23.2 Å². The van der Waals surface area contributed by atoms with Gasteiger partial charge in [0.05, 0.1) is 28.7 Å².